The molecular weight excluding hydrogens is 314 g/mol. The van der Waals surface area contributed by atoms with Crippen molar-refractivity contribution in [3.05, 3.63) is 77.3 Å². The predicted molar refractivity (Wildman–Crippen MR) is 97.2 cm³/mol. The Balaban J connectivity index is 1.78. The minimum absolute atomic E-state index is 0.151. The molecule has 25 heavy (non-hydrogen) atoms. The number of aromatic nitrogens is 4. The highest BCUT2D eigenvalue weighted by molar-refractivity contribution is 5.68. The number of pyridine rings is 1. The van der Waals surface area contributed by atoms with Crippen molar-refractivity contribution in [2.75, 3.05) is 6.54 Å². The average Bonchev–Trinajstić information content (AvgIpc) is 3.07. The van der Waals surface area contributed by atoms with E-state index in [1.807, 2.05) is 47.1 Å². The Kier molecular flexibility index (Phi) is 3.87. The van der Waals surface area contributed by atoms with Crippen molar-refractivity contribution in [2.45, 2.75) is 6.54 Å². The Morgan fingerprint density at radius 3 is 2.64 bits per heavy atom. The van der Waals surface area contributed by atoms with Crippen molar-refractivity contribution in [1.82, 2.24) is 19.2 Å². The Labute approximate surface area is 144 Å². The second kappa shape index (κ2) is 6.33. The molecule has 2 N–H and O–H groups in total. The van der Waals surface area contributed by atoms with Gasteiger partial charge in [-0.05, 0) is 18.2 Å². The fraction of sp³-hybridized carbons (Fsp3) is 0.105. The summed E-state index contributed by atoms with van der Waals surface area (Å²) in [4.78, 5) is 16.3. The van der Waals surface area contributed by atoms with E-state index in [-0.39, 0.29) is 5.56 Å². The van der Waals surface area contributed by atoms with Crippen LogP contribution in [0.2, 0.25) is 0 Å². The summed E-state index contributed by atoms with van der Waals surface area (Å²) in [5.74, 6) is 0. The van der Waals surface area contributed by atoms with Crippen LogP contribution in [0, 0.1) is 0 Å². The Morgan fingerprint density at radius 2 is 1.84 bits per heavy atom. The molecule has 0 saturated carbocycles. The van der Waals surface area contributed by atoms with Gasteiger partial charge in [-0.1, -0.05) is 30.3 Å². The van der Waals surface area contributed by atoms with Crippen LogP contribution in [0.4, 0.5) is 0 Å². The van der Waals surface area contributed by atoms with Gasteiger partial charge in [0.2, 0.25) is 0 Å². The molecule has 4 rings (SSSR count). The van der Waals surface area contributed by atoms with Gasteiger partial charge >= 0.3 is 0 Å². The van der Waals surface area contributed by atoms with Crippen LogP contribution >= 0.6 is 0 Å². The maximum atomic E-state index is 11.8. The zero-order valence-corrected chi connectivity index (χ0v) is 13.5. The first-order valence-electron chi connectivity index (χ1n) is 8.07. The number of rotatable bonds is 4. The molecule has 0 unspecified atom stereocenters. The largest absolute Gasteiger partial charge is 0.329 e. The van der Waals surface area contributed by atoms with E-state index in [4.69, 9.17) is 5.73 Å². The first-order valence-corrected chi connectivity index (χ1v) is 8.07. The summed E-state index contributed by atoms with van der Waals surface area (Å²) in [5.41, 5.74) is 9.98. The van der Waals surface area contributed by atoms with Crippen molar-refractivity contribution in [3.63, 3.8) is 0 Å². The summed E-state index contributed by atoms with van der Waals surface area (Å²) in [6, 6.07) is 17.3. The highest BCUT2D eigenvalue weighted by atomic mass is 16.1. The molecule has 0 fully saturated rings. The van der Waals surface area contributed by atoms with Gasteiger partial charge in [0.05, 0.1) is 24.1 Å². The lowest BCUT2D eigenvalue weighted by atomic mass is 10.1. The van der Waals surface area contributed by atoms with Crippen LogP contribution in [0.3, 0.4) is 0 Å². The minimum Gasteiger partial charge on any atom is -0.329 e. The molecule has 0 aliphatic carbocycles. The van der Waals surface area contributed by atoms with Gasteiger partial charge in [0, 0.05) is 29.9 Å². The highest BCUT2D eigenvalue weighted by Gasteiger charge is 2.08. The number of benzene rings is 1. The van der Waals surface area contributed by atoms with Gasteiger partial charge in [0.25, 0.3) is 5.56 Å². The van der Waals surface area contributed by atoms with Gasteiger partial charge in [-0.15, -0.1) is 0 Å². The maximum Gasteiger partial charge on any atom is 0.266 e. The number of imidazole rings is 1. The van der Waals surface area contributed by atoms with Gasteiger partial charge in [-0.3, -0.25) is 9.20 Å². The molecule has 6 nitrogen and oxygen atoms in total. The molecular formula is C19H17N5O. The summed E-state index contributed by atoms with van der Waals surface area (Å²) < 4.78 is 3.43. The molecule has 3 aromatic heterocycles. The zero-order valence-electron chi connectivity index (χ0n) is 13.5. The molecule has 124 valence electrons. The quantitative estimate of drug-likeness (QED) is 0.622. The van der Waals surface area contributed by atoms with E-state index in [9.17, 15) is 4.79 Å². The van der Waals surface area contributed by atoms with Crippen molar-refractivity contribution >= 4 is 5.65 Å². The fourth-order valence-corrected chi connectivity index (χ4v) is 2.85. The van der Waals surface area contributed by atoms with Gasteiger partial charge < -0.3 is 5.73 Å². The summed E-state index contributed by atoms with van der Waals surface area (Å²) in [5, 5.41) is 4.39. The third kappa shape index (κ3) is 2.83. The van der Waals surface area contributed by atoms with Gasteiger partial charge in [-0.2, -0.15) is 5.10 Å². The smallest absolute Gasteiger partial charge is 0.266 e. The maximum absolute atomic E-state index is 11.8. The van der Waals surface area contributed by atoms with Crippen LogP contribution in [0.15, 0.2) is 71.8 Å². The van der Waals surface area contributed by atoms with Crippen LogP contribution in [0.5, 0.6) is 0 Å². The van der Waals surface area contributed by atoms with Crippen LogP contribution in [0.25, 0.3) is 28.2 Å². The molecule has 0 aliphatic heterocycles. The minimum atomic E-state index is -0.151. The first-order chi connectivity index (χ1) is 12.3. The van der Waals surface area contributed by atoms with E-state index in [0.29, 0.717) is 13.1 Å². The fourth-order valence-electron chi connectivity index (χ4n) is 2.85. The zero-order chi connectivity index (χ0) is 17.2. The first kappa shape index (κ1) is 15.3. The summed E-state index contributed by atoms with van der Waals surface area (Å²) in [6.45, 7) is 0.770. The lowest BCUT2D eigenvalue weighted by Crippen LogP contribution is -2.25. The number of nitrogens with zero attached hydrogens (tertiary/aromatic N) is 4. The molecule has 0 saturated heterocycles. The second-order valence-corrected chi connectivity index (χ2v) is 5.72. The standard InChI is InChI=1S/C19H17N5O/c20-9-11-24-19(25)7-6-16(22-24)15-8-10-23-17(13-21-18(23)12-15)14-4-2-1-3-5-14/h1-8,10,12-13H,9,11,20H2. The summed E-state index contributed by atoms with van der Waals surface area (Å²) >= 11 is 0. The highest BCUT2D eigenvalue weighted by Crippen LogP contribution is 2.23. The lowest BCUT2D eigenvalue weighted by molar-refractivity contribution is 0.590. The molecule has 0 aliphatic rings. The van der Waals surface area contributed by atoms with Crippen LogP contribution < -0.4 is 11.3 Å². The average molecular weight is 331 g/mol. The molecule has 0 amide bonds. The van der Waals surface area contributed by atoms with E-state index >= 15 is 0 Å². The number of nitrogens with two attached hydrogens (primary N) is 1. The third-order valence-corrected chi connectivity index (χ3v) is 4.09. The van der Waals surface area contributed by atoms with Crippen molar-refractivity contribution in [2.24, 2.45) is 5.73 Å². The number of hydrogen-bond donors (Lipinski definition) is 1. The number of hydrogen-bond acceptors (Lipinski definition) is 4. The topological polar surface area (TPSA) is 78.2 Å². The Morgan fingerprint density at radius 1 is 1.00 bits per heavy atom. The third-order valence-electron chi connectivity index (χ3n) is 4.09. The second-order valence-electron chi connectivity index (χ2n) is 5.72. The van der Waals surface area contributed by atoms with Crippen molar-refractivity contribution in [1.29, 1.82) is 0 Å². The summed E-state index contributed by atoms with van der Waals surface area (Å²) in [6.07, 6.45) is 3.83. The van der Waals surface area contributed by atoms with Crippen molar-refractivity contribution < 1.29 is 0 Å². The molecule has 0 atom stereocenters. The van der Waals surface area contributed by atoms with Crippen LogP contribution in [0.1, 0.15) is 0 Å². The van der Waals surface area contributed by atoms with Crippen molar-refractivity contribution in [3.8, 4) is 22.5 Å². The normalized spacial score (nSPS) is 11.1. The number of fused-ring (bicyclic) bond motifs is 1. The monoisotopic (exact) mass is 331 g/mol. The molecule has 6 heteroatoms. The van der Waals surface area contributed by atoms with Gasteiger partial charge in [0.1, 0.15) is 5.65 Å². The van der Waals surface area contributed by atoms with Gasteiger partial charge in [-0.25, -0.2) is 9.67 Å². The van der Waals surface area contributed by atoms with E-state index in [1.165, 1.54) is 10.7 Å². The predicted octanol–water partition coefficient (Wildman–Crippen LogP) is 2.18. The molecule has 0 radical (unpaired) electrons. The Bertz CT molecular complexity index is 1080. The molecule has 1 aromatic carbocycles. The van der Waals surface area contributed by atoms with E-state index in [2.05, 4.69) is 22.2 Å². The summed E-state index contributed by atoms with van der Waals surface area (Å²) in [7, 11) is 0. The van der Waals surface area contributed by atoms with E-state index < -0.39 is 0 Å². The molecule has 0 bridgehead atoms. The van der Waals surface area contributed by atoms with Crippen LogP contribution in [-0.4, -0.2) is 25.7 Å². The van der Waals surface area contributed by atoms with Gasteiger partial charge in [0.15, 0.2) is 0 Å². The molecule has 0 spiro atoms. The van der Waals surface area contributed by atoms with E-state index in [0.717, 1.165) is 28.2 Å². The molecule has 4 aromatic rings. The lowest BCUT2D eigenvalue weighted by Gasteiger charge is -2.07. The molecule has 3 heterocycles. The van der Waals surface area contributed by atoms with E-state index in [1.54, 1.807) is 6.07 Å². The SMILES string of the molecule is NCCn1nc(-c2ccn3c(-c4ccccc4)cnc3c2)ccc1=O. The Hall–Kier alpha value is -3.25. The van der Waals surface area contributed by atoms with Crippen LogP contribution in [-0.2, 0) is 6.54 Å².